The van der Waals surface area contributed by atoms with Gasteiger partial charge in [0.25, 0.3) is 0 Å². The van der Waals surface area contributed by atoms with E-state index in [4.69, 9.17) is 15.5 Å². The smallest absolute Gasteiger partial charge is 0.216 e. The van der Waals surface area contributed by atoms with Crippen molar-refractivity contribution in [3.63, 3.8) is 0 Å². The number of guanidine groups is 1. The zero-order chi connectivity index (χ0) is 21.0. The van der Waals surface area contributed by atoms with Crippen molar-refractivity contribution in [3.05, 3.63) is 48.0 Å². The topological polar surface area (TPSA) is 93.7 Å². The number of aliphatic imine (C=N–C) groups is 1. The fraction of sp³-hybridized carbons (Fsp3) is 0.455. The molecular weight excluding hydrogens is 366 g/mol. The standard InChI is InChI=1S/C22H29N5O2/c1-15-5-6-17(18-10-24-13-25-11-18)9-19(15)20(26-21(23)27(4)14-28)22(3)12-29-8-7-16(22)2/h5-6,9-11,13-14,16,20H,7-8,12H2,1-4H3,(H2,23,26). The fourth-order valence-corrected chi connectivity index (χ4v) is 3.78. The zero-order valence-corrected chi connectivity index (χ0v) is 17.5. The molecule has 7 nitrogen and oxygen atoms in total. The molecule has 3 atom stereocenters. The molecule has 3 unspecified atom stereocenters. The van der Waals surface area contributed by atoms with Crippen molar-refractivity contribution in [2.75, 3.05) is 20.3 Å². The second-order valence-corrected chi connectivity index (χ2v) is 8.05. The van der Waals surface area contributed by atoms with Crippen LogP contribution < -0.4 is 5.73 Å². The van der Waals surface area contributed by atoms with Crippen molar-refractivity contribution < 1.29 is 9.53 Å². The molecule has 1 saturated heterocycles. The van der Waals surface area contributed by atoms with Gasteiger partial charge in [-0.25, -0.2) is 15.0 Å². The van der Waals surface area contributed by atoms with E-state index in [1.165, 1.54) is 11.2 Å². The van der Waals surface area contributed by atoms with Crippen molar-refractivity contribution in [2.45, 2.75) is 33.2 Å². The summed E-state index contributed by atoms with van der Waals surface area (Å²) < 4.78 is 5.87. The van der Waals surface area contributed by atoms with Gasteiger partial charge < -0.3 is 10.5 Å². The Kier molecular flexibility index (Phi) is 6.27. The van der Waals surface area contributed by atoms with Crippen molar-refractivity contribution in [1.82, 2.24) is 14.9 Å². The van der Waals surface area contributed by atoms with E-state index in [0.29, 0.717) is 18.9 Å². The van der Waals surface area contributed by atoms with Crippen LogP contribution in [-0.2, 0) is 9.53 Å². The number of carbonyl (C=O) groups excluding carboxylic acids is 1. The van der Waals surface area contributed by atoms with Gasteiger partial charge in [0, 0.05) is 37.0 Å². The number of aromatic nitrogens is 2. The van der Waals surface area contributed by atoms with Gasteiger partial charge in [-0.1, -0.05) is 26.0 Å². The maximum absolute atomic E-state index is 11.2. The summed E-state index contributed by atoms with van der Waals surface area (Å²) in [6.45, 7) is 7.82. The van der Waals surface area contributed by atoms with Crippen LogP contribution >= 0.6 is 0 Å². The van der Waals surface area contributed by atoms with Crippen molar-refractivity contribution in [3.8, 4) is 11.1 Å². The third kappa shape index (κ3) is 4.29. The third-order valence-electron chi connectivity index (χ3n) is 6.11. The maximum Gasteiger partial charge on any atom is 0.216 e. The Morgan fingerprint density at radius 2 is 2.10 bits per heavy atom. The van der Waals surface area contributed by atoms with E-state index < -0.39 is 0 Å². The summed E-state index contributed by atoms with van der Waals surface area (Å²) in [7, 11) is 1.61. The minimum absolute atomic E-state index is 0.192. The molecular formula is C22H29N5O2. The van der Waals surface area contributed by atoms with Crippen LogP contribution in [0.2, 0.25) is 0 Å². The summed E-state index contributed by atoms with van der Waals surface area (Å²) in [6.07, 6.45) is 6.73. The van der Waals surface area contributed by atoms with Crippen molar-refractivity contribution >= 4 is 12.4 Å². The van der Waals surface area contributed by atoms with Crippen LogP contribution in [0.4, 0.5) is 0 Å². The number of rotatable bonds is 5. The number of hydrogen-bond donors (Lipinski definition) is 1. The highest BCUT2D eigenvalue weighted by molar-refractivity contribution is 5.87. The minimum atomic E-state index is -0.261. The normalized spacial score (nSPS) is 23.4. The summed E-state index contributed by atoms with van der Waals surface area (Å²) in [4.78, 5) is 25.6. The summed E-state index contributed by atoms with van der Waals surface area (Å²) >= 11 is 0. The molecule has 0 radical (unpaired) electrons. The molecule has 0 bridgehead atoms. The molecule has 1 aliphatic heterocycles. The second-order valence-electron chi connectivity index (χ2n) is 8.05. The number of hydrogen-bond acceptors (Lipinski definition) is 5. The predicted molar refractivity (Wildman–Crippen MR) is 113 cm³/mol. The van der Waals surface area contributed by atoms with Crippen LogP contribution in [0, 0.1) is 18.3 Å². The predicted octanol–water partition coefficient (Wildman–Crippen LogP) is 2.96. The highest BCUT2D eigenvalue weighted by Crippen LogP contribution is 2.48. The molecule has 7 heteroatoms. The Morgan fingerprint density at radius 3 is 2.76 bits per heavy atom. The summed E-state index contributed by atoms with van der Waals surface area (Å²) in [5.74, 6) is 0.569. The number of benzene rings is 1. The number of amides is 1. The quantitative estimate of drug-likeness (QED) is 0.477. The van der Waals surface area contributed by atoms with Crippen LogP contribution in [0.3, 0.4) is 0 Å². The van der Waals surface area contributed by atoms with E-state index >= 15 is 0 Å². The highest BCUT2D eigenvalue weighted by Gasteiger charge is 2.43. The molecule has 0 saturated carbocycles. The number of ether oxygens (including phenoxy) is 1. The van der Waals surface area contributed by atoms with Gasteiger partial charge in [-0.05, 0) is 42.0 Å². The number of carbonyl (C=O) groups is 1. The number of nitrogens with two attached hydrogens (primary N) is 1. The molecule has 2 aromatic rings. The van der Waals surface area contributed by atoms with Crippen LogP contribution in [0.15, 0.2) is 41.9 Å². The first-order chi connectivity index (χ1) is 13.9. The van der Waals surface area contributed by atoms with Crippen LogP contribution in [0.1, 0.15) is 37.4 Å². The third-order valence-corrected chi connectivity index (χ3v) is 6.11. The zero-order valence-electron chi connectivity index (χ0n) is 17.5. The van der Waals surface area contributed by atoms with Gasteiger partial charge in [0.2, 0.25) is 6.41 Å². The first kappa shape index (κ1) is 20.9. The molecule has 154 valence electrons. The monoisotopic (exact) mass is 395 g/mol. The summed E-state index contributed by atoms with van der Waals surface area (Å²) in [5, 5.41) is 0. The minimum Gasteiger partial charge on any atom is -0.381 e. The Bertz CT molecular complexity index is 886. The van der Waals surface area contributed by atoms with Crippen molar-refractivity contribution in [2.24, 2.45) is 22.1 Å². The Labute approximate surface area is 172 Å². The SMILES string of the molecule is Cc1ccc(-c2cncnc2)cc1C(N=C(N)N(C)C=O)C1(C)COCCC1C. The lowest BCUT2D eigenvalue weighted by molar-refractivity contribution is -0.114. The van der Waals surface area contributed by atoms with Crippen LogP contribution in [-0.4, -0.2) is 47.5 Å². The van der Waals surface area contributed by atoms with E-state index in [0.717, 1.165) is 35.3 Å². The van der Waals surface area contributed by atoms with Gasteiger partial charge in [0.05, 0.1) is 12.6 Å². The molecule has 0 spiro atoms. The molecule has 1 aliphatic rings. The lowest BCUT2D eigenvalue weighted by atomic mass is 9.67. The van der Waals surface area contributed by atoms with Gasteiger partial charge in [-0.2, -0.15) is 0 Å². The molecule has 0 aliphatic carbocycles. The first-order valence-electron chi connectivity index (χ1n) is 9.82. The van der Waals surface area contributed by atoms with Gasteiger partial charge in [0.1, 0.15) is 6.33 Å². The van der Waals surface area contributed by atoms with Crippen LogP contribution in [0.5, 0.6) is 0 Å². The lowest BCUT2D eigenvalue weighted by Gasteiger charge is -2.44. The number of nitrogens with zero attached hydrogens (tertiary/aromatic N) is 4. The Hall–Kier alpha value is -2.80. The van der Waals surface area contributed by atoms with Crippen LogP contribution in [0.25, 0.3) is 11.1 Å². The van der Waals surface area contributed by atoms with E-state index in [9.17, 15) is 4.79 Å². The van der Waals surface area contributed by atoms with E-state index in [1.54, 1.807) is 19.4 Å². The van der Waals surface area contributed by atoms with Gasteiger partial charge in [-0.3, -0.25) is 9.69 Å². The highest BCUT2D eigenvalue weighted by atomic mass is 16.5. The van der Waals surface area contributed by atoms with Gasteiger partial charge in [0.15, 0.2) is 5.96 Å². The van der Waals surface area contributed by atoms with E-state index in [-0.39, 0.29) is 17.4 Å². The second kappa shape index (κ2) is 8.69. The molecule has 2 N–H and O–H groups in total. The molecule has 1 fully saturated rings. The molecule has 1 aromatic heterocycles. The van der Waals surface area contributed by atoms with Gasteiger partial charge in [-0.15, -0.1) is 0 Å². The molecule has 29 heavy (non-hydrogen) atoms. The molecule has 1 aromatic carbocycles. The maximum atomic E-state index is 11.2. The average Bonchev–Trinajstić information content (AvgIpc) is 2.74. The first-order valence-corrected chi connectivity index (χ1v) is 9.82. The largest absolute Gasteiger partial charge is 0.381 e. The van der Waals surface area contributed by atoms with Crippen molar-refractivity contribution in [1.29, 1.82) is 0 Å². The summed E-state index contributed by atoms with van der Waals surface area (Å²) in [6, 6.07) is 6.01. The Balaban J connectivity index is 2.14. The van der Waals surface area contributed by atoms with Gasteiger partial charge >= 0.3 is 0 Å². The van der Waals surface area contributed by atoms with E-state index in [1.807, 2.05) is 0 Å². The molecule has 3 rings (SSSR count). The molecule has 1 amide bonds. The average molecular weight is 396 g/mol. The fourth-order valence-electron chi connectivity index (χ4n) is 3.78. The Morgan fingerprint density at radius 1 is 1.38 bits per heavy atom. The molecule has 2 heterocycles. The number of aryl methyl sites for hydroxylation is 1. The lowest BCUT2D eigenvalue weighted by Crippen LogP contribution is -2.43. The summed E-state index contributed by atoms with van der Waals surface area (Å²) in [5.41, 5.74) is 10.0. The van der Waals surface area contributed by atoms with E-state index in [2.05, 4.69) is 48.9 Å².